The fourth-order valence-corrected chi connectivity index (χ4v) is 2.86. The van der Waals surface area contributed by atoms with E-state index in [-0.39, 0.29) is 17.6 Å². The molecular weight excluding hydrogens is 362 g/mol. The molecule has 8 nitrogen and oxygen atoms in total. The first-order valence-electron chi connectivity index (χ1n) is 8.16. The SMILES string of the molecule is Cc1cccc(NC(=O)CSc2nnc(N/N=C/c3ccccc3)n2N)c1. The van der Waals surface area contributed by atoms with Crippen LogP contribution in [0, 0.1) is 6.92 Å². The van der Waals surface area contributed by atoms with E-state index in [4.69, 9.17) is 5.84 Å². The number of anilines is 2. The topological polar surface area (TPSA) is 110 Å². The number of benzene rings is 2. The Morgan fingerprint density at radius 2 is 2.04 bits per heavy atom. The summed E-state index contributed by atoms with van der Waals surface area (Å²) >= 11 is 1.19. The van der Waals surface area contributed by atoms with E-state index in [1.807, 2.05) is 61.5 Å². The third-order valence-corrected chi connectivity index (χ3v) is 4.42. The molecule has 1 aromatic heterocycles. The maximum absolute atomic E-state index is 12.1. The third-order valence-electron chi connectivity index (χ3n) is 3.48. The smallest absolute Gasteiger partial charge is 0.264 e. The quantitative estimate of drug-likeness (QED) is 0.251. The summed E-state index contributed by atoms with van der Waals surface area (Å²) in [5.41, 5.74) is 5.51. The summed E-state index contributed by atoms with van der Waals surface area (Å²) in [7, 11) is 0. The molecule has 2 aromatic carbocycles. The van der Waals surface area contributed by atoms with Gasteiger partial charge in [0.05, 0.1) is 12.0 Å². The van der Waals surface area contributed by atoms with E-state index < -0.39 is 0 Å². The molecule has 9 heteroatoms. The Hall–Kier alpha value is -3.33. The Labute approximate surface area is 160 Å². The molecule has 0 aliphatic rings. The first-order valence-corrected chi connectivity index (χ1v) is 9.14. The number of thioether (sulfide) groups is 1. The van der Waals surface area contributed by atoms with Crippen LogP contribution in [0.15, 0.2) is 64.9 Å². The summed E-state index contributed by atoms with van der Waals surface area (Å²) in [6, 6.07) is 17.2. The van der Waals surface area contributed by atoms with Crippen molar-refractivity contribution in [1.82, 2.24) is 14.9 Å². The van der Waals surface area contributed by atoms with E-state index in [2.05, 4.69) is 26.0 Å². The molecule has 0 saturated heterocycles. The molecule has 0 aliphatic heterocycles. The second-order valence-electron chi connectivity index (χ2n) is 5.66. The number of nitrogens with one attached hydrogen (secondary N) is 2. The highest BCUT2D eigenvalue weighted by Gasteiger charge is 2.12. The molecule has 27 heavy (non-hydrogen) atoms. The lowest BCUT2D eigenvalue weighted by molar-refractivity contribution is -0.113. The Bertz CT molecular complexity index is 940. The van der Waals surface area contributed by atoms with Crippen LogP contribution in [0.25, 0.3) is 0 Å². The number of carbonyl (C=O) groups is 1. The largest absolute Gasteiger partial charge is 0.334 e. The molecule has 0 bridgehead atoms. The molecule has 0 spiro atoms. The number of rotatable bonds is 7. The molecule has 3 aromatic rings. The van der Waals surface area contributed by atoms with Crippen molar-refractivity contribution < 1.29 is 4.79 Å². The average molecular weight is 381 g/mol. The van der Waals surface area contributed by atoms with E-state index in [1.54, 1.807) is 6.21 Å². The lowest BCUT2D eigenvalue weighted by atomic mass is 10.2. The minimum Gasteiger partial charge on any atom is -0.334 e. The van der Waals surface area contributed by atoms with Gasteiger partial charge in [0.1, 0.15) is 0 Å². The molecule has 0 radical (unpaired) electrons. The van der Waals surface area contributed by atoms with E-state index in [0.29, 0.717) is 5.16 Å². The van der Waals surface area contributed by atoms with Crippen LogP contribution in [-0.2, 0) is 4.79 Å². The maximum atomic E-state index is 12.1. The Balaban J connectivity index is 1.52. The molecule has 1 heterocycles. The first kappa shape index (κ1) is 18.5. The van der Waals surface area contributed by atoms with Gasteiger partial charge in [-0.2, -0.15) is 5.10 Å². The van der Waals surface area contributed by atoms with Crippen LogP contribution >= 0.6 is 11.8 Å². The van der Waals surface area contributed by atoms with Gasteiger partial charge in [-0.05, 0) is 30.2 Å². The van der Waals surface area contributed by atoms with E-state index in [0.717, 1.165) is 16.8 Å². The number of aromatic nitrogens is 3. The van der Waals surface area contributed by atoms with Crippen LogP contribution in [0.5, 0.6) is 0 Å². The third kappa shape index (κ3) is 5.32. The number of hydrazone groups is 1. The van der Waals surface area contributed by atoms with Gasteiger partial charge < -0.3 is 11.2 Å². The van der Waals surface area contributed by atoms with Crippen molar-refractivity contribution in [3.05, 3.63) is 65.7 Å². The summed E-state index contributed by atoms with van der Waals surface area (Å²) in [4.78, 5) is 12.1. The second kappa shape index (κ2) is 8.86. The van der Waals surface area contributed by atoms with Gasteiger partial charge in [-0.25, -0.2) is 10.1 Å². The number of hydrogen-bond donors (Lipinski definition) is 3. The average Bonchev–Trinajstić information content (AvgIpc) is 3.01. The molecule has 0 aliphatic carbocycles. The van der Waals surface area contributed by atoms with Crippen LogP contribution < -0.4 is 16.6 Å². The van der Waals surface area contributed by atoms with Crippen molar-refractivity contribution in [2.45, 2.75) is 12.1 Å². The van der Waals surface area contributed by atoms with Gasteiger partial charge in [0.2, 0.25) is 11.1 Å². The van der Waals surface area contributed by atoms with Gasteiger partial charge >= 0.3 is 0 Å². The molecular formula is C18H19N7OS. The Morgan fingerprint density at radius 1 is 1.22 bits per heavy atom. The number of aryl methyl sites for hydroxylation is 1. The van der Waals surface area contributed by atoms with Crippen molar-refractivity contribution in [1.29, 1.82) is 0 Å². The predicted molar refractivity (Wildman–Crippen MR) is 108 cm³/mol. The molecule has 0 unspecified atom stereocenters. The summed E-state index contributed by atoms with van der Waals surface area (Å²) in [5, 5.41) is 15.2. The summed E-state index contributed by atoms with van der Waals surface area (Å²) < 4.78 is 1.26. The normalized spacial score (nSPS) is 10.9. The zero-order valence-electron chi connectivity index (χ0n) is 14.7. The van der Waals surface area contributed by atoms with Gasteiger partial charge in [-0.1, -0.05) is 54.2 Å². The van der Waals surface area contributed by atoms with Crippen LogP contribution in [-0.4, -0.2) is 32.7 Å². The maximum Gasteiger partial charge on any atom is 0.264 e. The summed E-state index contributed by atoms with van der Waals surface area (Å²) in [6.45, 7) is 1.97. The zero-order chi connectivity index (χ0) is 19.1. The van der Waals surface area contributed by atoms with Crippen LogP contribution in [0.2, 0.25) is 0 Å². The van der Waals surface area contributed by atoms with Crippen molar-refractivity contribution in [3.8, 4) is 0 Å². The predicted octanol–water partition coefficient (Wildman–Crippen LogP) is 2.48. The van der Waals surface area contributed by atoms with Crippen molar-refractivity contribution >= 4 is 35.5 Å². The first-order chi connectivity index (χ1) is 13.1. The number of hydrogen-bond acceptors (Lipinski definition) is 7. The van der Waals surface area contributed by atoms with Gasteiger partial charge in [0, 0.05) is 5.69 Å². The van der Waals surface area contributed by atoms with Crippen molar-refractivity contribution in [2.24, 2.45) is 5.10 Å². The van der Waals surface area contributed by atoms with Crippen LogP contribution in [0.4, 0.5) is 11.6 Å². The molecule has 4 N–H and O–H groups in total. The highest BCUT2D eigenvalue weighted by molar-refractivity contribution is 7.99. The van der Waals surface area contributed by atoms with E-state index in [9.17, 15) is 4.79 Å². The number of amides is 1. The minimum absolute atomic E-state index is 0.148. The number of nitrogens with two attached hydrogens (primary N) is 1. The van der Waals surface area contributed by atoms with Gasteiger partial charge in [-0.15, -0.1) is 10.2 Å². The van der Waals surface area contributed by atoms with E-state index in [1.165, 1.54) is 16.4 Å². The van der Waals surface area contributed by atoms with Gasteiger partial charge in [0.25, 0.3) is 5.95 Å². The van der Waals surface area contributed by atoms with Gasteiger partial charge in [0.15, 0.2) is 0 Å². The molecule has 3 rings (SSSR count). The fraction of sp³-hybridized carbons (Fsp3) is 0.111. The number of nitrogens with zero attached hydrogens (tertiary/aromatic N) is 4. The number of nitrogen functional groups attached to an aromatic ring is 1. The zero-order valence-corrected chi connectivity index (χ0v) is 15.5. The van der Waals surface area contributed by atoms with Crippen molar-refractivity contribution in [2.75, 3.05) is 22.3 Å². The monoisotopic (exact) mass is 381 g/mol. The Kier molecular flexibility index (Phi) is 6.06. The highest BCUT2D eigenvalue weighted by Crippen LogP contribution is 2.17. The summed E-state index contributed by atoms with van der Waals surface area (Å²) in [6.07, 6.45) is 1.65. The summed E-state index contributed by atoms with van der Waals surface area (Å²) in [5.74, 6) is 6.24. The van der Waals surface area contributed by atoms with E-state index >= 15 is 0 Å². The van der Waals surface area contributed by atoms with Gasteiger partial charge in [-0.3, -0.25) is 4.79 Å². The highest BCUT2D eigenvalue weighted by atomic mass is 32.2. The minimum atomic E-state index is -0.148. The van der Waals surface area contributed by atoms with Crippen LogP contribution in [0.3, 0.4) is 0 Å². The lowest BCUT2D eigenvalue weighted by Gasteiger charge is -2.06. The molecule has 1 amide bonds. The Morgan fingerprint density at radius 3 is 2.81 bits per heavy atom. The number of carbonyl (C=O) groups excluding carboxylic acids is 1. The molecule has 0 fully saturated rings. The van der Waals surface area contributed by atoms with Crippen molar-refractivity contribution in [3.63, 3.8) is 0 Å². The lowest BCUT2D eigenvalue weighted by Crippen LogP contribution is -2.16. The second-order valence-corrected chi connectivity index (χ2v) is 6.61. The molecule has 0 atom stereocenters. The standard InChI is InChI=1S/C18H19N7OS/c1-13-6-5-9-15(10-13)21-16(26)12-27-18-24-23-17(25(18)19)22-20-11-14-7-3-2-4-8-14/h2-11H,12,19H2,1H3,(H,21,26)(H,22,23)/b20-11+. The molecule has 138 valence electrons. The molecule has 0 saturated carbocycles. The van der Waals surface area contributed by atoms with Crippen LogP contribution in [0.1, 0.15) is 11.1 Å². The fourth-order valence-electron chi connectivity index (χ4n) is 2.21.